The van der Waals surface area contributed by atoms with Gasteiger partial charge in [0.05, 0.1) is 26.0 Å². The number of aryl methyl sites for hydroxylation is 1. The van der Waals surface area contributed by atoms with Crippen LogP contribution in [0.25, 0.3) is 0 Å². The van der Waals surface area contributed by atoms with Crippen LogP contribution >= 0.6 is 0 Å². The predicted octanol–water partition coefficient (Wildman–Crippen LogP) is 1.75. The van der Waals surface area contributed by atoms with Crippen molar-refractivity contribution >= 4 is 17.3 Å². The van der Waals surface area contributed by atoms with Crippen molar-refractivity contribution in [3.05, 3.63) is 36.0 Å². The molecule has 0 saturated carbocycles. The van der Waals surface area contributed by atoms with Crippen LogP contribution in [-0.2, 0) is 11.3 Å². The lowest BCUT2D eigenvalue weighted by Crippen LogP contribution is -2.36. The standard InChI is InChI=1S/C17H20N4O3/c22-16(15-12-18-21-6-1-9-24-17(15)21)19-13-2-4-14(5-3-13)20-7-10-23-11-8-20/h2-5,12H,1,6-11H2,(H,19,22). The van der Waals surface area contributed by atoms with Crippen LogP contribution in [0.5, 0.6) is 5.88 Å². The van der Waals surface area contributed by atoms with E-state index in [0.29, 0.717) is 18.1 Å². The van der Waals surface area contributed by atoms with E-state index in [4.69, 9.17) is 9.47 Å². The number of ether oxygens (including phenoxy) is 2. The van der Waals surface area contributed by atoms with Crippen molar-refractivity contribution in [3.8, 4) is 5.88 Å². The Labute approximate surface area is 140 Å². The fourth-order valence-electron chi connectivity index (χ4n) is 3.00. The zero-order valence-electron chi connectivity index (χ0n) is 13.4. The lowest BCUT2D eigenvalue weighted by atomic mass is 10.2. The Hall–Kier alpha value is -2.54. The van der Waals surface area contributed by atoms with E-state index < -0.39 is 0 Å². The molecule has 0 radical (unpaired) electrons. The summed E-state index contributed by atoms with van der Waals surface area (Å²) in [4.78, 5) is 14.7. The molecule has 1 N–H and O–H groups in total. The number of anilines is 2. The summed E-state index contributed by atoms with van der Waals surface area (Å²) >= 11 is 0. The average molecular weight is 328 g/mol. The first-order valence-corrected chi connectivity index (χ1v) is 8.24. The van der Waals surface area contributed by atoms with Crippen molar-refractivity contribution in [1.29, 1.82) is 0 Å². The number of aromatic nitrogens is 2. The molecule has 0 aliphatic carbocycles. The van der Waals surface area contributed by atoms with Crippen LogP contribution in [0.2, 0.25) is 0 Å². The molecule has 2 aliphatic rings. The van der Waals surface area contributed by atoms with Gasteiger partial charge in [0.2, 0.25) is 5.88 Å². The molecule has 7 heteroatoms. The minimum absolute atomic E-state index is 0.197. The second-order valence-corrected chi connectivity index (χ2v) is 5.89. The summed E-state index contributed by atoms with van der Waals surface area (Å²) in [7, 11) is 0. The molecule has 0 atom stereocenters. The molecule has 7 nitrogen and oxygen atoms in total. The van der Waals surface area contributed by atoms with Crippen molar-refractivity contribution in [3.63, 3.8) is 0 Å². The number of morpholine rings is 1. The Balaban J connectivity index is 1.45. The summed E-state index contributed by atoms with van der Waals surface area (Å²) in [5, 5.41) is 7.12. The number of fused-ring (bicyclic) bond motifs is 1. The molecule has 1 aromatic carbocycles. The first kappa shape index (κ1) is 15.0. The summed E-state index contributed by atoms with van der Waals surface area (Å²) < 4.78 is 12.7. The summed E-state index contributed by atoms with van der Waals surface area (Å²) in [6.45, 7) is 4.71. The molecule has 24 heavy (non-hydrogen) atoms. The maximum Gasteiger partial charge on any atom is 0.262 e. The number of nitrogens with zero attached hydrogens (tertiary/aromatic N) is 3. The van der Waals surface area contributed by atoms with Gasteiger partial charge in [-0.25, -0.2) is 4.68 Å². The van der Waals surface area contributed by atoms with E-state index in [2.05, 4.69) is 15.3 Å². The van der Waals surface area contributed by atoms with Gasteiger partial charge in [0, 0.05) is 37.4 Å². The van der Waals surface area contributed by atoms with Crippen LogP contribution in [0.15, 0.2) is 30.5 Å². The number of hydrogen-bond donors (Lipinski definition) is 1. The van der Waals surface area contributed by atoms with Gasteiger partial charge in [-0.15, -0.1) is 0 Å². The number of carbonyl (C=O) groups is 1. The monoisotopic (exact) mass is 328 g/mol. The first-order chi connectivity index (χ1) is 11.8. The molecule has 0 spiro atoms. The highest BCUT2D eigenvalue weighted by molar-refractivity contribution is 6.05. The van der Waals surface area contributed by atoms with Crippen LogP contribution in [0, 0.1) is 0 Å². The van der Waals surface area contributed by atoms with Crippen LogP contribution < -0.4 is 15.0 Å². The van der Waals surface area contributed by atoms with Gasteiger partial charge in [-0.1, -0.05) is 0 Å². The highest BCUT2D eigenvalue weighted by atomic mass is 16.5. The van der Waals surface area contributed by atoms with E-state index >= 15 is 0 Å². The minimum atomic E-state index is -0.197. The van der Waals surface area contributed by atoms with E-state index in [1.807, 2.05) is 24.3 Å². The van der Waals surface area contributed by atoms with E-state index in [-0.39, 0.29) is 5.91 Å². The third kappa shape index (κ3) is 2.94. The fraction of sp³-hybridized carbons (Fsp3) is 0.412. The Morgan fingerprint density at radius 1 is 1.08 bits per heavy atom. The van der Waals surface area contributed by atoms with E-state index in [0.717, 1.165) is 50.6 Å². The molecule has 2 aliphatic heterocycles. The lowest BCUT2D eigenvalue weighted by Gasteiger charge is -2.28. The maximum atomic E-state index is 12.5. The van der Waals surface area contributed by atoms with Gasteiger partial charge >= 0.3 is 0 Å². The van der Waals surface area contributed by atoms with Gasteiger partial charge in [-0.2, -0.15) is 5.10 Å². The normalized spacial score (nSPS) is 17.1. The molecule has 0 bridgehead atoms. The fourth-order valence-corrected chi connectivity index (χ4v) is 3.00. The molecule has 1 amide bonds. The molecule has 0 unspecified atom stereocenters. The zero-order valence-corrected chi connectivity index (χ0v) is 13.4. The summed E-state index contributed by atoms with van der Waals surface area (Å²) in [5.41, 5.74) is 2.38. The lowest BCUT2D eigenvalue weighted by molar-refractivity contribution is 0.102. The molecular formula is C17H20N4O3. The SMILES string of the molecule is O=C(Nc1ccc(N2CCOCC2)cc1)c1cnn2c1OCCC2. The second kappa shape index (κ2) is 6.52. The van der Waals surface area contributed by atoms with Gasteiger partial charge in [-0.05, 0) is 24.3 Å². The highest BCUT2D eigenvalue weighted by Gasteiger charge is 2.21. The number of rotatable bonds is 3. The predicted molar refractivity (Wildman–Crippen MR) is 89.8 cm³/mol. The van der Waals surface area contributed by atoms with Crippen molar-refractivity contribution in [2.75, 3.05) is 43.1 Å². The van der Waals surface area contributed by atoms with Gasteiger partial charge in [-0.3, -0.25) is 4.79 Å². The summed E-state index contributed by atoms with van der Waals surface area (Å²) in [6, 6.07) is 7.87. The number of benzene rings is 1. The molecule has 4 rings (SSSR count). The minimum Gasteiger partial charge on any atom is -0.477 e. The maximum absolute atomic E-state index is 12.5. The Kier molecular flexibility index (Phi) is 4.08. The smallest absolute Gasteiger partial charge is 0.262 e. The first-order valence-electron chi connectivity index (χ1n) is 8.24. The largest absolute Gasteiger partial charge is 0.477 e. The molecule has 1 fully saturated rings. The molecule has 1 saturated heterocycles. The highest BCUT2D eigenvalue weighted by Crippen LogP contribution is 2.24. The van der Waals surface area contributed by atoms with Crippen LogP contribution in [0.4, 0.5) is 11.4 Å². The number of carbonyl (C=O) groups excluding carboxylic acids is 1. The Morgan fingerprint density at radius 3 is 2.67 bits per heavy atom. The molecule has 2 aromatic rings. The number of amides is 1. The molecule has 3 heterocycles. The van der Waals surface area contributed by atoms with Crippen molar-refractivity contribution in [2.24, 2.45) is 0 Å². The summed E-state index contributed by atoms with van der Waals surface area (Å²) in [5.74, 6) is 0.362. The van der Waals surface area contributed by atoms with Gasteiger partial charge in [0.15, 0.2) is 0 Å². The third-order valence-electron chi connectivity index (χ3n) is 4.29. The van der Waals surface area contributed by atoms with Crippen LogP contribution in [0.1, 0.15) is 16.8 Å². The quantitative estimate of drug-likeness (QED) is 0.930. The van der Waals surface area contributed by atoms with Gasteiger partial charge < -0.3 is 19.7 Å². The number of hydrogen-bond acceptors (Lipinski definition) is 5. The van der Waals surface area contributed by atoms with Gasteiger partial charge in [0.25, 0.3) is 5.91 Å². The Bertz CT molecular complexity index is 720. The van der Waals surface area contributed by atoms with Crippen molar-refractivity contribution in [2.45, 2.75) is 13.0 Å². The second-order valence-electron chi connectivity index (χ2n) is 5.89. The Morgan fingerprint density at radius 2 is 1.88 bits per heavy atom. The van der Waals surface area contributed by atoms with E-state index in [9.17, 15) is 4.79 Å². The summed E-state index contributed by atoms with van der Waals surface area (Å²) in [6.07, 6.45) is 2.48. The van der Waals surface area contributed by atoms with Crippen molar-refractivity contribution in [1.82, 2.24) is 9.78 Å². The third-order valence-corrected chi connectivity index (χ3v) is 4.29. The van der Waals surface area contributed by atoms with Crippen LogP contribution in [-0.4, -0.2) is 48.6 Å². The average Bonchev–Trinajstić information content (AvgIpc) is 3.07. The molecule has 1 aromatic heterocycles. The number of nitrogens with one attached hydrogen (secondary N) is 1. The zero-order chi connectivity index (χ0) is 16.4. The molecular weight excluding hydrogens is 308 g/mol. The van der Waals surface area contributed by atoms with Crippen molar-refractivity contribution < 1.29 is 14.3 Å². The van der Waals surface area contributed by atoms with E-state index in [1.54, 1.807) is 10.9 Å². The van der Waals surface area contributed by atoms with Crippen LogP contribution in [0.3, 0.4) is 0 Å². The molecule has 126 valence electrons. The topological polar surface area (TPSA) is 68.6 Å². The van der Waals surface area contributed by atoms with E-state index in [1.165, 1.54) is 0 Å². The van der Waals surface area contributed by atoms with Gasteiger partial charge in [0.1, 0.15) is 5.56 Å².